The van der Waals surface area contributed by atoms with Crippen LogP contribution in [-0.4, -0.2) is 85.2 Å². The van der Waals surface area contributed by atoms with E-state index in [0.29, 0.717) is 75.1 Å². The molecule has 0 spiro atoms. The lowest BCUT2D eigenvalue weighted by Gasteiger charge is -2.45. The molecule has 1 unspecified atom stereocenters. The third-order valence-corrected chi connectivity index (χ3v) is 7.43. The fourth-order valence-electron chi connectivity index (χ4n) is 5.27. The van der Waals surface area contributed by atoms with Gasteiger partial charge in [-0.1, -0.05) is 20.8 Å². The molecule has 2 saturated heterocycles. The Hall–Kier alpha value is -4.45. The molecule has 0 aliphatic carbocycles. The van der Waals surface area contributed by atoms with Crippen molar-refractivity contribution >= 4 is 35.1 Å². The Morgan fingerprint density at radius 2 is 1.93 bits per heavy atom. The van der Waals surface area contributed by atoms with Gasteiger partial charge in [0.2, 0.25) is 0 Å². The number of pyridine rings is 1. The Morgan fingerprint density at radius 1 is 1.16 bits per heavy atom. The summed E-state index contributed by atoms with van der Waals surface area (Å²) in [6, 6.07) is 9.46. The van der Waals surface area contributed by atoms with Crippen molar-refractivity contribution in [3.63, 3.8) is 0 Å². The quantitative estimate of drug-likeness (QED) is 0.105. The molecule has 5 rings (SSSR count). The van der Waals surface area contributed by atoms with E-state index in [0.717, 1.165) is 30.0 Å². The molecule has 1 aromatic heterocycles. The number of aliphatic imine (C=N–C) groups is 1. The van der Waals surface area contributed by atoms with Crippen molar-refractivity contribution in [3.05, 3.63) is 60.2 Å². The van der Waals surface area contributed by atoms with E-state index in [4.69, 9.17) is 20.3 Å². The second kappa shape index (κ2) is 15.7. The largest absolute Gasteiger partial charge is 0.489 e. The van der Waals surface area contributed by atoms with Gasteiger partial charge < -0.3 is 35.7 Å². The minimum atomic E-state index is 0.00466. The molecule has 2 fully saturated rings. The van der Waals surface area contributed by atoms with Crippen molar-refractivity contribution < 1.29 is 19.1 Å². The van der Waals surface area contributed by atoms with Crippen LogP contribution in [0.25, 0.3) is 0 Å². The van der Waals surface area contributed by atoms with E-state index in [1.54, 1.807) is 24.5 Å². The number of fused-ring (bicyclic) bond motifs is 3. The summed E-state index contributed by atoms with van der Waals surface area (Å²) >= 11 is 0. The van der Waals surface area contributed by atoms with Crippen LogP contribution in [0.3, 0.4) is 0 Å². The molecule has 3 aliphatic rings. The van der Waals surface area contributed by atoms with Crippen LogP contribution in [-0.2, 0) is 9.53 Å². The van der Waals surface area contributed by atoms with Crippen molar-refractivity contribution in [2.24, 2.45) is 15.9 Å². The molecule has 2 aromatic rings. The van der Waals surface area contributed by atoms with Gasteiger partial charge in [-0.05, 0) is 43.5 Å². The number of carbonyl (C=O) groups is 2. The predicted octanol–water partition coefficient (Wildman–Crippen LogP) is 3.18. The molecule has 3 aliphatic heterocycles. The van der Waals surface area contributed by atoms with E-state index >= 15 is 0 Å². The lowest BCUT2D eigenvalue weighted by atomic mass is 10.1. The minimum absolute atomic E-state index is 0.00466. The summed E-state index contributed by atoms with van der Waals surface area (Å²) in [5.74, 6) is 7.37. The number of allylic oxidation sites excluding steroid dienone is 1. The molecule has 43 heavy (non-hydrogen) atoms. The first-order valence-electron chi connectivity index (χ1n) is 14.9. The smallest absolute Gasteiger partial charge is 0.254 e. The zero-order chi connectivity index (χ0) is 30.6. The summed E-state index contributed by atoms with van der Waals surface area (Å²) in [5, 5.41) is 10.4. The second-order valence-corrected chi connectivity index (χ2v) is 10.0. The van der Waals surface area contributed by atoms with Gasteiger partial charge in [-0.2, -0.15) is 5.10 Å². The highest BCUT2D eigenvalue weighted by Crippen LogP contribution is 2.37. The van der Waals surface area contributed by atoms with Crippen molar-refractivity contribution in [1.82, 2.24) is 15.2 Å². The molecule has 12 nitrogen and oxygen atoms in total. The number of rotatable bonds is 8. The summed E-state index contributed by atoms with van der Waals surface area (Å²) in [5.41, 5.74) is 2.96. The van der Waals surface area contributed by atoms with Crippen LogP contribution >= 0.6 is 0 Å². The SMILES string of the molecule is CC.CC/C(=N/N)C(=NC1CCOCC1)N/C(=C/C=O)Nc1ccc2c(c1)OCC1CN(C(=O)c3ccncc3)CCN21. The van der Waals surface area contributed by atoms with E-state index in [1.807, 2.05) is 43.9 Å². The molecule has 1 atom stereocenters. The number of nitrogens with two attached hydrogens (primary N) is 1. The molecule has 230 valence electrons. The van der Waals surface area contributed by atoms with Crippen molar-refractivity contribution in [1.29, 1.82) is 0 Å². The van der Waals surface area contributed by atoms with Gasteiger partial charge in [0.1, 0.15) is 30.2 Å². The number of hydrazone groups is 1. The molecule has 0 radical (unpaired) electrons. The summed E-state index contributed by atoms with van der Waals surface area (Å²) in [7, 11) is 0. The Balaban J connectivity index is 0.00000207. The number of nitrogens with zero attached hydrogens (tertiary/aromatic N) is 5. The molecule has 0 saturated carbocycles. The molecule has 4 heterocycles. The second-order valence-electron chi connectivity index (χ2n) is 10.0. The van der Waals surface area contributed by atoms with Crippen molar-refractivity contribution in [2.45, 2.75) is 52.1 Å². The van der Waals surface area contributed by atoms with Crippen LogP contribution in [0.1, 0.15) is 50.4 Å². The van der Waals surface area contributed by atoms with Crippen molar-refractivity contribution in [3.8, 4) is 5.75 Å². The van der Waals surface area contributed by atoms with E-state index in [1.165, 1.54) is 6.08 Å². The highest BCUT2D eigenvalue weighted by molar-refractivity contribution is 6.41. The summed E-state index contributed by atoms with van der Waals surface area (Å²) in [6.45, 7) is 9.62. The zero-order valence-electron chi connectivity index (χ0n) is 25.2. The maximum atomic E-state index is 13.0. The molecule has 12 heteroatoms. The molecular weight excluding hydrogens is 548 g/mol. The van der Waals surface area contributed by atoms with Gasteiger partial charge in [-0.15, -0.1) is 0 Å². The number of amides is 1. The fraction of sp³-hybridized carbons (Fsp3) is 0.452. The highest BCUT2D eigenvalue weighted by atomic mass is 16.5. The zero-order valence-corrected chi connectivity index (χ0v) is 25.2. The number of amidine groups is 1. The minimum Gasteiger partial charge on any atom is -0.489 e. The van der Waals surface area contributed by atoms with E-state index < -0.39 is 0 Å². The maximum Gasteiger partial charge on any atom is 0.254 e. The Bertz CT molecular complexity index is 1320. The van der Waals surface area contributed by atoms with Gasteiger partial charge >= 0.3 is 0 Å². The predicted molar refractivity (Wildman–Crippen MR) is 169 cm³/mol. The van der Waals surface area contributed by atoms with Gasteiger partial charge in [0.15, 0.2) is 5.84 Å². The van der Waals surface area contributed by atoms with Crippen molar-refractivity contribution in [2.75, 3.05) is 49.7 Å². The summed E-state index contributed by atoms with van der Waals surface area (Å²) < 4.78 is 11.6. The first-order valence-corrected chi connectivity index (χ1v) is 14.9. The van der Waals surface area contributed by atoms with Gasteiger partial charge in [0, 0.05) is 68.6 Å². The lowest BCUT2D eigenvalue weighted by Crippen LogP contribution is -2.58. The third kappa shape index (κ3) is 7.89. The summed E-state index contributed by atoms with van der Waals surface area (Å²) in [6.07, 6.45) is 7.57. The molecule has 4 N–H and O–H groups in total. The van der Waals surface area contributed by atoms with Crippen LogP contribution in [0.2, 0.25) is 0 Å². The maximum absolute atomic E-state index is 13.0. The monoisotopic (exact) mass is 590 g/mol. The molecular formula is C31H42N8O4. The first kappa shape index (κ1) is 31.5. The van der Waals surface area contributed by atoms with Gasteiger partial charge in [0.05, 0.1) is 17.8 Å². The lowest BCUT2D eigenvalue weighted by molar-refractivity contribution is -0.104. The number of aromatic nitrogens is 1. The van der Waals surface area contributed by atoms with Crippen LogP contribution < -0.4 is 26.1 Å². The normalized spacial score (nSPS) is 19.2. The number of benzene rings is 1. The van der Waals surface area contributed by atoms with Gasteiger partial charge in [-0.3, -0.25) is 19.6 Å². The first-order chi connectivity index (χ1) is 21.1. The number of carbonyl (C=O) groups excluding carboxylic acids is 2. The van der Waals surface area contributed by atoms with Gasteiger partial charge in [0.25, 0.3) is 5.91 Å². The number of piperazine rings is 1. The molecule has 1 amide bonds. The standard InChI is InChI=1S/C29H36N8O4.C2H6/c1-2-24(35-30)28(33-21-8-15-40-16-9-21)34-27(7-14-38)32-22-3-4-25-26(17-22)41-19-23-18-36(12-13-37(23)25)29(39)20-5-10-31-11-6-20;1-2/h3-7,10-11,14,17,21,23,32H,2,8-9,12-13,15-16,18-19,30H2,1H3,(H,33,34);1-2H3/b27-7+,35-24-;. The number of hydrogen-bond acceptors (Lipinski definition) is 10. The van der Waals surface area contributed by atoms with Crippen LogP contribution in [0.15, 0.2) is 64.7 Å². The van der Waals surface area contributed by atoms with Crippen LogP contribution in [0, 0.1) is 0 Å². The number of anilines is 2. The Morgan fingerprint density at radius 3 is 2.63 bits per heavy atom. The number of ether oxygens (including phenoxy) is 2. The number of nitrogens with one attached hydrogen (secondary N) is 2. The Kier molecular flexibility index (Phi) is 11.5. The number of hydrogen-bond donors (Lipinski definition) is 3. The van der Waals surface area contributed by atoms with E-state index in [-0.39, 0.29) is 18.0 Å². The summed E-state index contributed by atoms with van der Waals surface area (Å²) in [4.78, 5) is 37.5. The highest BCUT2D eigenvalue weighted by Gasteiger charge is 2.35. The van der Waals surface area contributed by atoms with E-state index in [2.05, 4.69) is 25.6 Å². The van der Waals surface area contributed by atoms with E-state index in [9.17, 15) is 9.59 Å². The van der Waals surface area contributed by atoms with Crippen LogP contribution in [0.4, 0.5) is 11.4 Å². The average Bonchev–Trinajstić information content (AvgIpc) is 3.06. The Labute approximate surface area is 253 Å². The average molecular weight is 591 g/mol. The third-order valence-electron chi connectivity index (χ3n) is 7.43. The number of aldehydes is 1. The molecule has 0 bridgehead atoms. The van der Waals surface area contributed by atoms with Crippen LogP contribution in [0.5, 0.6) is 5.75 Å². The fourth-order valence-corrected chi connectivity index (χ4v) is 5.27. The molecule has 1 aromatic carbocycles. The van der Waals surface area contributed by atoms with Gasteiger partial charge in [-0.25, -0.2) is 0 Å². The topological polar surface area (TPSA) is 147 Å².